The number of carbonyl (C=O) groups excluding carboxylic acids is 4. The Kier molecular flexibility index (Phi) is 8.08. The van der Waals surface area contributed by atoms with Crippen molar-refractivity contribution >= 4 is 24.1 Å². The van der Waals surface area contributed by atoms with E-state index in [-0.39, 0.29) is 24.7 Å². The Hall–Kier alpha value is -1.32. The van der Waals surface area contributed by atoms with Crippen LogP contribution in [0.15, 0.2) is 0 Å². The van der Waals surface area contributed by atoms with Gasteiger partial charge in [-0.05, 0) is 12.3 Å². The molecule has 0 spiro atoms. The van der Waals surface area contributed by atoms with Gasteiger partial charge in [-0.3, -0.25) is 9.59 Å². The summed E-state index contributed by atoms with van der Waals surface area (Å²) in [6.07, 6.45) is 3.13. The lowest BCUT2D eigenvalue weighted by molar-refractivity contribution is -0.140. The zero-order valence-corrected chi connectivity index (χ0v) is 11.3. The summed E-state index contributed by atoms with van der Waals surface area (Å²) >= 11 is 0. The molecule has 0 amide bonds. The van der Waals surface area contributed by atoms with E-state index in [1.54, 1.807) is 13.8 Å². The van der Waals surface area contributed by atoms with E-state index in [0.717, 1.165) is 19.1 Å². The fourth-order valence-electron chi connectivity index (χ4n) is 2.16. The van der Waals surface area contributed by atoms with Crippen LogP contribution in [-0.2, 0) is 19.2 Å². The molecule has 3 unspecified atom stereocenters. The maximum Gasteiger partial charge on any atom is 0.201 e. The molecular formula is C14H22O4. The molecule has 4 nitrogen and oxygen atoms in total. The van der Waals surface area contributed by atoms with Crippen LogP contribution < -0.4 is 0 Å². The molecule has 102 valence electrons. The van der Waals surface area contributed by atoms with E-state index in [1.165, 1.54) is 0 Å². The summed E-state index contributed by atoms with van der Waals surface area (Å²) in [5, 5.41) is 0. The van der Waals surface area contributed by atoms with Crippen LogP contribution in [0.2, 0.25) is 0 Å². The van der Waals surface area contributed by atoms with Crippen molar-refractivity contribution in [1.82, 2.24) is 0 Å². The maximum absolute atomic E-state index is 11.9. The molecule has 0 N–H and O–H groups in total. The van der Waals surface area contributed by atoms with Crippen LogP contribution in [0.1, 0.15) is 46.5 Å². The Morgan fingerprint density at radius 2 is 1.78 bits per heavy atom. The number of hydrogen-bond acceptors (Lipinski definition) is 4. The average Bonchev–Trinajstić information content (AvgIpc) is 2.39. The van der Waals surface area contributed by atoms with Gasteiger partial charge < -0.3 is 9.59 Å². The Balaban J connectivity index is 4.69. The molecule has 4 heteroatoms. The second-order valence-electron chi connectivity index (χ2n) is 4.73. The molecule has 0 heterocycles. The topological polar surface area (TPSA) is 68.3 Å². The number of hydrogen-bond donors (Lipinski definition) is 0. The summed E-state index contributed by atoms with van der Waals surface area (Å²) in [6.45, 7) is 5.45. The van der Waals surface area contributed by atoms with E-state index < -0.39 is 17.5 Å². The van der Waals surface area contributed by atoms with Gasteiger partial charge in [-0.15, -0.1) is 0 Å². The third-order valence-corrected chi connectivity index (χ3v) is 3.33. The SMILES string of the molecule is CCCC(C(C)C=O)C(C)C(=O)C(=O)CCC=O. The first-order valence-corrected chi connectivity index (χ1v) is 6.45. The summed E-state index contributed by atoms with van der Waals surface area (Å²) in [6, 6.07) is 0. The van der Waals surface area contributed by atoms with Gasteiger partial charge in [-0.2, -0.15) is 0 Å². The van der Waals surface area contributed by atoms with Crippen molar-refractivity contribution in [2.24, 2.45) is 17.8 Å². The highest BCUT2D eigenvalue weighted by atomic mass is 16.2. The minimum absolute atomic E-state index is 0.0268. The monoisotopic (exact) mass is 254 g/mol. The maximum atomic E-state index is 11.9. The fourth-order valence-corrected chi connectivity index (χ4v) is 2.16. The van der Waals surface area contributed by atoms with Gasteiger partial charge in [0.05, 0.1) is 0 Å². The van der Waals surface area contributed by atoms with E-state index in [4.69, 9.17) is 0 Å². The van der Waals surface area contributed by atoms with Gasteiger partial charge in [-0.25, -0.2) is 0 Å². The second kappa shape index (κ2) is 8.72. The Bertz CT molecular complexity index is 309. The van der Waals surface area contributed by atoms with Gasteiger partial charge in [0.1, 0.15) is 12.6 Å². The first kappa shape index (κ1) is 16.7. The van der Waals surface area contributed by atoms with Crippen molar-refractivity contribution in [2.45, 2.75) is 46.5 Å². The molecule has 0 aliphatic rings. The van der Waals surface area contributed by atoms with Crippen LogP contribution in [0, 0.1) is 17.8 Å². The highest BCUT2D eigenvalue weighted by molar-refractivity contribution is 6.38. The summed E-state index contributed by atoms with van der Waals surface area (Å²) < 4.78 is 0. The molecule has 18 heavy (non-hydrogen) atoms. The highest BCUT2D eigenvalue weighted by Crippen LogP contribution is 2.26. The summed E-state index contributed by atoms with van der Waals surface area (Å²) in [4.78, 5) is 44.5. The number of rotatable bonds is 10. The lowest BCUT2D eigenvalue weighted by atomic mass is 9.78. The molecule has 0 aliphatic heterocycles. The van der Waals surface area contributed by atoms with Gasteiger partial charge in [0.25, 0.3) is 0 Å². The summed E-state index contributed by atoms with van der Waals surface area (Å²) in [5.41, 5.74) is 0. The Morgan fingerprint density at radius 3 is 2.22 bits per heavy atom. The van der Waals surface area contributed by atoms with Crippen LogP contribution in [0.4, 0.5) is 0 Å². The molecule has 0 saturated carbocycles. The van der Waals surface area contributed by atoms with Crippen molar-refractivity contribution in [1.29, 1.82) is 0 Å². The average molecular weight is 254 g/mol. The number of aldehydes is 2. The molecule has 0 fully saturated rings. The predicted molar refractivity (Wildman–Crippen MR) is 68.1 cm³/mol. The van der Waals surface area contributed by atoms with Crippen molar-refractivity contribution in [3.05, 3.63) is 0 Å². The van der Waals surface area contributed by atoms with Crippen LogP contribution in [0.3, 0.4) is 0 Å². The lowest BCUT2D eigenvalue weighted by Crippen LogP contribution is -2.31. The molecular weight excluding hydrogens is 232 g/mol. The highest BCUT2D eigenvalue weighted by Gasteiger charge is 2.30. The fraction of sp³-hybridized carbons (Fsp3) is 0.714. The summed E-state index contributed by atoms with van der Waals surface area (Å²) in [7, 11) is 0. The first-order valence-electron chi connectivity index (χ1n) is 6.45. The van der Waals surface area contributed by atoms with Gasteiger partial charge in [0.15, 0.2) is 5.78 Å². The van der Waals surface area contributed by atoms with E-state index in [0.29, 0.717) is 6.29 Å². The molecule has 0 saturated heterocycles. The molecule has 0 aromatic rings. The first-order chi connectivity index (χ1) is 8.49. The van der Waals surface area contributed by atoms with Crippen LogP contribution >= 0.6 is 0 Å². The van der Waals surface area contributed by atoms with Crippen molar-refractivity contribution in [3.8, 4) is 0 Å². The molecule has 0 bridgehead atoms. The Labute approximate surface area is 108 Å². The van der Waals surface area contributed by atoms with E-state index >= 15 is 0 Å². The number of ketones is 2. The molecule has 0 aliphatic carbocycles. The van der Waals surface area contributed by atoms with Gasteiger partial charge >= 0.3 is 0 Å². The molecule has 0 aromatic carbocycles. The zero-order chi connectivity index (χ0) is 14.1. The minimum Gasteiger partial charge on any atom is -0.303 e. The zero-order valence-electron chi connectivity index (χ0n) is 11.3. The van der Waals surface area contributed by atoms with Crippen molar-refractivity contribution in [3.63, 3.8) is 0 Å². The number of Topliss-reactive ketones (excluding diaryl/α,β-unsaturated/α-hetero) is 2. The molecule has 0 radical (unpaired) electrons. The van der Waals surface area contributed by atoms with E-state index in [9.17, 15) is 19.2 Å². The van der Waals surface area contributed by atoms with E-state index in [1.807, 2.05) is 6.92 Å². The van der Waals surface area contributed by atoms with Crippen LogP contribution in [0.25, 0.3) is 0 Å². The largest absolute Gasteiger partial charge is 0.303 e. The summed E-state index contributed by atoms with van der Waals surface area (Å²) in [5.74, 6) is -1.75. The van der Waals surface area contributed by atoms with Crippen LogP contribution in [-0.4, -0.2) is 24.1 Å². The second-order valence-corrected chi connectivity index (χ2v) is 4.73. The Morgan fingerprint density at radius 1 is 1.17 bits per heavy atom. The molecule has 0 aromatic heterocycles. The predicted octanol–water partition coefficient (Wildman–Crippen LogP) is 1.99. The standard InChI is InChI=1S/C14H22O4/c1-4-6-12(10(2)9-16)11(3)14(18)13(17)7-5-8-15/h8-12H,4-7H2,1-3H3. The van der Waals surface area contributed by atoms with Crippen molar-refractivity contribution in [2.75, 3.05) is 0 Å². The molecule has 0 rings (SSSR count). The van der Waals surface area contributed by atoms with E-state index in [2.05, 4.69) is 0 Å². The van der Waals surface area contributed by atoms with Gasteiger partial charge in [0.2, 0.25) is 5.78 Å². The van der Waals surface area contributed by atoms with Gasteiger partial charge in [-0.1, -0.05) is 27.2 Å². The normalized spacial score (nSPS) is 15.5. The van der Waals surface area contributed by atoms with Crippen molar-refractivity contribution < 1.29 is 19.2 Å². The smallest absolute Gasteiger partial charge is 0.201 e. The van der Waals surface area contributed by atoms with Crippen LogP contribution in [0.5, 0.6) is 0 Å². The third-order valence-electron chi connectivity index (χ3n) is 3.33. The lowest BCUT2D eigenvalue weighted by Gasteiger charge is -2.24. The minimum atomic E-state index is -0.506. The third kappa shape index (κ3) is 4.90. The van der Waals surface area contributed by atoms with Gasteiger partial charge in [0, 0.05) is 24.7 Å². The number of carbonyl (C=O) groups is 4. The quantitative estimate of drug-likeness (QED) is 0.441. The molecule has 3 atom stereocenters.